The SMILES string of the molecule is CCc1ccc(N2C(=S)NC(c3ccccn3)C2c2ccc(-c3ccc(C)cc3Br)o2)cc1. The number of anilines is 1. The maximum absolute atomic E-state index is 6.47. The van der Waals surface area contributed by atoms with Crippen LogP contribution in [0.25, 0.3) is 11.3 Å². The van der Waals surface area contributed by atoms with Crippen molar-refractivity contribution in [2.75, 3.05) is 4.90 Å². The number of nitrogens with one attached hydrogen (secondary N) is 1. The maximum atomic E-state index is 6.47. The van der Waals surface area contributed by atoms with Gasteiger partial charge in [-0.3, -0.25) is 4.98 Å². The van der Waals surface area contributed by atoms with Crippen LogP contribution in [0.3, 0.4) is 0 Å². The van der Waals surface area contributed by atoms with Crippen LogP contribution in [-0.4, -0.2) is 10.1 Å². The molecule has 2 atom stereocenters. The van der Waals surface area contributed by atoms with Crippen molar-refractivity contribution in [3.05, 3.63) is 106 Å². The zero-order chi connectivity index (χ0) is 22.9. The molecule has 0 bridgehead atoms. The summed E-state index contributed by atoms with van der Waals surface area (Å²) in [5, 5.41) is 4.15. The summed E-state index contributed by atoms with van der Waals surface area (Å²) in [4.78, 5) is 6.76. The van der Waals surface area contributed by atoms with Gasteiger partial charge in [0.1, 0.15) is 17.6 Å². The number of halogens is 1. The number of thiocarbonyl (C=S) groups is 1. The highest BCUT2D eigenvalue weighted by molar-refractivity contribution is 9.10. The summed E-state index contributed by atoms with van der Waals surface area (Å²) in [6, 6.07) is 24.5. The van der Waals surface area contributed by atoms with Gasteiger partial charge in [-0.15, -0.1) is 0 Å². The van der Waals surface area contributed by atoms with E-state index in [1.54, 1.807) is 0 Å². The van der Waals surface area contributed by atoms with E-state index < -0.39 is 0 Å². The molecule has 5 rings (SSSR count). The molecule has 0 amide bonds. The van der Waals surface area contributed by atoms with Crippen LogP contribution in [0.4, 0.5) is 5.69 Å². The van der Waals surface area contributed by atoms with Crippen molar-refractivity contribution in [1.82, 2.24) is 10.3 Å². The largest absolute Gasteiger partial charge is 0.459 e. The fourth-order valence-electron chi connectivity index (χ4n) is 4.29. The van der Waals surface area contributed by atoms with E-state index in [9.17, 15) is 0 Å². The van der Waals surface area contributed by atoms with Crippen molar-refractivity contribution >= 4 is 38.9 Å². The Labute approximate surface area is 207 Å². The third kappa shape index (κ3) is 4.21. The number of aromatic nitrogens is 1. The van der Waals surface area contributed by atoms with E-state index in [0.717, 1.165) is 39.4 Å². The fourth-order valence-corrected chi connectivity index (χ4v) is 5.33. The van der Waals surface area contributed by atoms with Gasteiger partial charge in [-0.05, 0) is 85.2 Å². The van der Waals surface area contributed by atoms with Crippen molar-refractivity contribution in [2.24, 2.45) is 0 Å². The molecule has 4 aromatic rings. The van der Waals surface area contributed by atoms with Gasteiger partial charge < -0.3 is 14.6 Å². The zero-order valence-corrected chi connectivity index (χ0v) is 20.9. The summed E-state index contributed by atoms with van der Waals surface area (Å²) in [6.45, 7) is 4.23. The lowest BCUT2D eigenvalue weighted by Gasteiger charge is -2.26. The van der Waals surface area contributed by atoms with E-state index in [0.29, 0.717) is 5.11 Å². The van der Waals surface area contributed by atoms with Crippen molar-refractivity contribution in [3.63, 3.8) is 0 Å². The molecule has 0 radical (unpaired) electrons. The average molecular weight is 518 g/mol. The Kier molecular flexibility index (Phi) is 6.04. The summed E-state index contributed by atoms with van der Waals surface area (Å²) in [6.07, 6.45) is 2.81. The number of aryl methyl sites for hydroxylation is 2. The molecule has 4 nitrogen and oxygen atoms in total. The van der Waals surface area contributed by atoms with Crippen LogP contribution in [0.1, 0.15) is 41.6 Å². The van der Waals surface area contributed by atoms with Crippen molar-refractivity contribution < 1.29 is 4.42 Å². The standard InChI is InChI=1S/C27H24BrN3OS/c1-3-18-8-10-19(11-9-18)31-26(25(30-27(31)33)22-6-4-5-15-29-22)24-14-13-23(32-24)20-12-7-17(2)16-21(20)28/h4-16,25-26H,3H2,1-2H3,(H,30,33). The van der Waals surface area contributed by atoms with Crippen LogP contribution in [0.15, 0.2) is 87.9 Å². The minimum atomic E-state index is -0.169. The summed E-state index contributed by atoms with van der Waals surface area (Å²) >= 11 is 9.49. The molecule has 0 spiro atoms. The molecular weight excluding hydrogens is 494 g/mol. The second-order valence-corrected chi connectivity index (χ2v) is 9.44. The van der Waals surface area contributed by atoms with Crippen LogP contribution < -0.4 is 10.2 Å². The van der Waals surface area contributed by atoms with Gasteiger partial charge in [-0.25, -0.2) is 0 Å². The van der Waals surface area contributed by atoms with Gasteiger partial charge in [0.05, 0.1) is 11.7 Å². The second kappa shape index (κ2) is 9.12. The quantitative estimate of drug-likeness (QED) is 0.284. The Morgan fingerprint density at radius 3 is 2.58 bits per heavy atom. The van der Waals surface area contributed by atoms with Crippen LogP contribution in [0.5, 0.6) is 0 Å². The van der Waals surface area contributed by atoms with Crippen LogP contribution in [0.2, 0.25) is 0 Å². The van der Waals surface area contributed by atoms with Gasteiger partial charge in [-0.1, -0.05) is 47.1 Å². The zero-order valence-electron chi connectivity index (χ0n) is 18.5. The number of hydrogen-bond donors (Lipinski definition) is 1. The van der Waals surface area contributed by atoms with E-state index in [-0.39, 0.29) is 12.1 Å². The Morgan fingerprint density at radius 1 is 1.06 bits per heavy atom. The van der Waals surface area contributed by atoms with E-state index in [2.05, 4.69) is 87.4 Å². The molecule has 6 heteroatoms. The average Bonchev–Trinajstić information content (AvgIpc) is 3.44. The second-order valence-electron chi connectivity index (χ2n) is 8.20. The van der Waals surface area contributed by atoms with Gasteiger partial charge >= 0.3 is 0 Å². The first kappa shape index (κ1) is 21.9. The molecule has 3 heterocycles. The predicted molar refractivity (Wildman–Crippen MR) is 140 cm³/mol. The Morgan fingerprint density at radius 2 is 1.88 bits per heavy atom. The van der Waals surface area contributed by atoms with E-state index >= 15 is 0 Å². The molecule has 2 aromatic carbocycles. The first-order chi connectivity index (χ1) is 16.0. The van der Waals surface area contributed by atoms with Gasteiger partial charge in [0.15, 0.2) is 5.11 Å². The summed E-state index contributed by atoms with van der Waals surface area (Å²) in [7, 11) is 0. The number of hydrogen-bond acceptors (Lipinski definition) is 3. The van der Waals surface area contributed by atoms with Crippen LogP contribution in [-0.2, 0) is 6.42 Å². The normalized spacial score (nSPS) is 17.9. The highest BCUT2D eigenvalue weighted by Crippen LogP contribution is 2.43. The number of furan rings is 1. The molecule has 1 fully saturated rings. The minimum absolute atomic E-state index is 0.134. The Bertz CT molecular complexity index is 1290. The molecule has 33 heavy (non-hydrogen) atoms. The maximum Gasteiger partial charge on any atom is 0.174 e. The van der Waals surface area contributed by atoms with Crippen LogP contribution >= 0.6 is 28.1 Å². The Hall–Kier alpha value is -2.96. The van der Waals surface area contributed by atoms with Gasteiger partial charge in [0.2, 0.25) is 0 Å². The molecule has 1 saturated heterocycles. The summed E-state index contributed by atoms with van der Waals surface area (Å²) in [5.41, 5.74) is 5.46. The molecule has 0 saturated carbocycles. The number of pyridine rings is 1. The third-order valence-electron chi connectivity index (χ3n) is 6.03. The van der Waals surface area contributed by atoms with Crippen molar-refractivity contribution in [3.8, 4) is 11.3 Å². The minimum Gasteiger partial charge on any atom is -0.459 e. The lowest BCUT2D eigenvalue weighted by molar-refractivity contribution is 0.439. The molecule has 1 aliphatic rings. The summed E-state index contributed by atoms with van der Waals surface area (Å²) < 4.78 is 7.48. The molecule has 1 aliphatic heterocycles. The lowest BCUT2D eigenvalue weighted by atomic mass is 10.0. The number of rotatable bonds is 5. The Balaban J connectivity index is 1.59. The van der Waals surface area contributed by atoms with E-state index in [1.165, 1.54) is 11.1 Å². The molecular formula is C27H24BrN3OS. The predicted octanol–water partition coefficient (Wildman–Crippen LogP) is 7.15. The fraction of sp³-hybridized carbons (Fsp3) is 0.185. The third-order valence-corrected chi connectivity index (χ3v) is 7.00. The lowest BCUT2D eigenvalue weighted by Crippen LogP contribution is -2.29. The monoisotopic (exact) mass is 517 g/mol. The number of nitrogens with zero attached hydrogens (tertiary/aromatic N) is 2. The molecule has 2 unspecified atom stereocenters. The highest BCUT2D eigenvalue weighted by Gasteiger charge is 2.42. The molecule has 1 N–H and O–H groups in total. The first-order valence-corrected chi connectivity index (χ1v) is 12.2. The molecule has 166 valence electrons. The van der Waals surface area contributed by atoms with Crippen LogP contribution in [0, 0.1) is 6.92 Å². The molecule has 0 aliphatic carbocycles. The van der Waals surface area contributed by atoms with E-state index in [1.807, 2.05) is 36.5 Å². The highest BCUT2D eigenvalue weighted by atomic mass is 79.9. The van der Waals surface area contributed by atoms with E-state index in [4.69, 9.17) is 16.6 Å². The van der Waals surface area contributed by atoms with Gasteiger partial charge in [0.25, 0.3) is 0 Å². The van der Waals surface area contributed by atoms with Crippen molar-refractivity contribution in [2.45, 2.75) is 32.4 Å². The summed E-state index contributed by atoms with van der Waals surface area (Å²) in [5.74, 6) is 1.65. The van der Waals surface area contributed by atoms with Gasteiger partial charge in [-0.2, -0.15) is 0 Å². The smallest absolute Gasteiger partial charge is 0.174 e. The first-order valence-electron chi connectivity index (χ1n) is 11.0. The topological polar surface area (TPSA) is 41.3 Å². The number of benzene rings is 2. The molecule has 2 aromatic heterocycles. The van der Waals surface area contributed by atoms with Gasteiger partial charge in [0, 0.05) is 21.9 Å². The van der Waals surface area contributed by atoms with Crippen molar-refractivity contribution in [1.29, 1.82) is 0 Å².